The fourth-order valence-electron chi connectivity index (χ4n) is 2.49. The molecule has 3 rings (SSSR count). The van der Waals surface area contributed by atoms with Gasteiger partial charge in [0.05, 0.1) is 11.9 Å². The molecule has 0 fully saturated rings. The fourth-order valence-corrected chi connectivity index (χ4v) is 2.49. The van der Waals surface area contributed by atoms with E-state index >= 15 is 0 Å². The van der Waals surface area contributed by atoms with Gasteiger partial charge in [-0.2, -0.15) is 9.90 Å². The maximum atomic E-state index is 12.6. The topological polar surface area (TPSA) is 54.3 Å². The highest BCUT2D eigenvalue weighted by atomic mass is 16.2. The number of benzene rings is 2. The summed E-state index contributed by atoms with van der Waals surface area (Å²) in [7, 11) is 5.77. The van der Waals surface area contributed by atoms with Crippen molar-refractivity contribution in [2.75, 3.05) is 26.0 Å². The number of amides is 1. The number of nitrogens with zero attached hydrogens (tertiary/aromatic N) is 5. The second-order valence-electron chi connectivity index (χ2n) is 6.08. The Kier molecular flexibility index (Phi) is 4.79. The van der Waals surface area contributed by atoms with Crippen LogP contribution in [0.4, 0.5) is 5.69 Å². The first-order valence-corrected chi connectivity index (χ1v) is 8.04. The summed E-state index contributed by atoms with van der Waals surface area (Å²) in [4.78, 5) is 17.7. The average molecular weight is 335 g/mol. The van der Waals surface area contributed by atoms with Gasteiger partial charge in [-0.25, -0.2) is 0 Å². The highest BCUT2D eigenvalue weighted by molar-refractivity contribution is 5.91. The Morgan fingerprint density at radius 2 is 1.68 bits per heavy atom. The van der Waals surface area contributed by atoms with Crippen LogP contribution in [0.15, 0.2) is 60.8 Å². The maximum Gasteiger partial charge on any atom is 0.276 e. The molecule has 0 unspecified atom stereocenters. The second-order valence-corrected chi connectivity index (χ2v) is 6.08. The molecule has 0 saturated carbocycles. The Hall–Kier alpha value is -3.15. The predicted molar refractivity (Wildman–Crippen MR) is 97.9 cm³/mol. The summed E-state index contributed by atoms with van der Waals surface area (Å²) in [6.07, 6.45) is 1.50. The summed E-state index contributed by atoms with van der Waals surface area (Å²) in [5, 5.41) is 8.47. The van der Waals surface area contributed by atoms with Gasteiger partial charge < -0.3 is 9.80 Å². The zero-order chi connectivity index (χ0) is 17.8. The van der Waals surface area contributed by atoms with Crippen molar-refractivity contribution in [3.8, 4) is 5.69 Å². The van der Waals surface area contributed by atoms with Crippen molar-refractivity contribution in [3.63, 3.8) is 0 Å². The molecule has 25 heavy (non-hydrogen) atoms. The lowest BCUT2D eigenvalue weighted by Crippen LogP contribution is -2.26. The van der Waals surface area contributed by atoms with Gasteiger partial charge in [0.2, 0.25) is 0 Å². The number of anilines is 1. The zero-order valence-corrected chi connectivity index (χ0v) is 14.6. The Bertz CT molecular complexity index is 840. The molecule has 0 spiro atoms. The molecular weight excluding hydrogens is 314 g/mol. The van der Waals surface area contributed by atoms with Crippen LogP contribution in [0.25, 0.3) is 5.69 Å². The first-order valence-electron chi connectivity index (χ1n) is 8.04. The number of carbonyl (C=O) groups is 1. The number of rotatable bonds is 5. The molecular formula is C19H21N5O. The molecule has 0 N–H and O–H groups in total. The zero-order valence-electron chi connectivity index (χ0n) is 14.6. The number of para-hydroxylation sites is 1. The van der Waals surface area contributed by atoms with Gasteiger partial charge >= 0.3 is 0 Å². The van der Waals surface area contributed by atoms with Crippen molar-refractivity contribution >= 4 is 11.6 Å². The van der Waals surface area contributed by atoms with Gasteiger partial charge in [-0.15, -0.1) is 5.10 Å². The molecule has 0 aliphatic heterocycles. The van der Waals surface area contributed by atoms with E-state index in [9.17, 15) is 4.79 Å². The fraction of sp³-hybridized carbons (Fsp3) is 0.211. The van der Waals surface area contributed by atoms with Gasteiger partial charge in [0.25, 0.3) is 5.91 Å². The molecule has 0 aliphatic carbocycles. The lowest BCUT2D eigenvalue weighted by molar-refractivity contribution is 0.0779. The third-order valence-electron chi connectivity index (χ3n) is 3.92. The molecule has 0 aliphatic rings. The number of hydrogen-bond donors (Lipinski definition) is 0. The Morgan fingerprint density at radius 1 is 1.00 bits per heavy atom. The number of hydrogen-bond acceptors (Lipinski definition) is 4. The summed E-state index contributed by atoms with van der Waals surface area (Å²) in [6.45, 7) is 0.519. The van der Waals surface area contributed by atoms with Crippen LogP contribution < -0.4 is 4.90 Å². The summed E-state index contributed by atoms with van der Waals surface area (Å²) in [5.41, 5.74) is 3.35. The largest absolute Gasteiger partial charge is 0.378 e. The molecule has 0 bridgehead atoms. The van der Waals surface area contributed by atoms with E-state index in [1.807, 2.05) is 73.6 Å². The van der Waals surface area contributed by atoms with Gasteiger partial charge in [-0.05, 0) is 29.8 Å². The van der Waals surface area contributed by atoms with Crippen molar-refractivity contribution in [1.29, 1.82) is 0 Å². The van der Waals surface area contributed by atoms with Gasteiger partial charge in [-0.3, -0.25) is 4.79 Å². The van der Waals surface area contributed by atoms with Crippen LogP contribution in [-0.2, 0) is 6.54 Å². The highest BCUT2D eigenvalue weighted by Crippen LogP contribution is 2.14. The van der Waals surface area contributed by atoms with Crippen LogP contribution in [0.2, 0.25) is 0 Å². The van der Waals surface area contributed by atoms with E-state index in [1.54, 1.807) is 11.9 Å². The van der Waals surface area contributed by atoms with Gasteiger partial charge in [-0.1, -0.05) is 30.3 Å². The summed E-state index contributed by atoms with van der Waals surface area (Å²) in [5.74, 6) is -0.154. The van der Waals surface area contributed by atoms with Crippen LogP contribution in [0.3, 0.4) is 0 Å². The van der Waals surface area contributed by atoms with E-state index in [0.717, 1.165) is 16.9 Å². The van der Waals surface area contributed by atoms with Crippen molar-refractivity contribution in [1.82, 2.24) is 19.9 Å². The molecule has 0 saturated heterocycles. The van der Waals surface area contributed by atoms with E-state index in [0.29, 0.717) is 12.2 Å². The molecule has 1 amide bonds. The normalized spacial score (nSPS) is 10.5. The molecule has 128 valence electrons. The summed E-state index contributed by atoms with van der Waals surface area (Å²) in [6, 6.07) is 17.7. The summed E-state index contributed by atoms with van der Waals surface area (Å²) >= 11 is 0. The van der Waals surface area contributed by atoms with Crippen molar-refractivity contribution in [2.24, 2.45) is 0 Å². The van der Waals surface area contributed by atoms with E-state index in [2.05, 4.69) is 10.2 Å². The highest BCUT2D eigenvalue weighted by Gasteiger charge is 2.16. The van der Waals surface area contributed by atoms with E-state index < -0.39 is 0 Å². The lowest BCUT2D eigenvalue weighted by atomic mass is 10.2. The number of carbonyl (C=O) groups excluding carboxylic acids is 1. The minimum atomic E-state index is -0.154. The second kappa shape index (κ2) is 7.17. The quantitative estimate of drug-likeness (QED) is 0.719. The monoisotopic (exact) mass is 335 g/mol. The van der Waals surface area contributed by atoms with E-state index in [1.165, 1.54) is 11.0 Å². The third-order valence-corrected chi connectivity index (χ3v) is 3.92. The van der Waals surface area contributed by atoms with E-state index in [4.69, 9.17) is 0 Å². The van der Waals surface area contributed by atoms with Crippen LogP contribution in [0.1, 0.15) is 16.1 Å². The lowest BCUT2D eigenvalue weighted by Gasteiger charge is -2.17. The molecule has 6 nitrogen and oxygen atoms in total. The average Bonchev–Trinajstić information content (AvgIpc) is 3.12. The predicted octanol–water partition coefficient (Wildman–Crippen LogP) is 2.61. The van der Waals surface area contributed by atoms with Crippen LogP contribution in [-0.4, -0.2) is 46.9 Å². The van der Waals surface area contributed by atoms with Crippen LogP contribution >= 0.6 is 0 Å². The Labute approximate surface area is 147 Å². The molecule has 3 aromatic rings. The van der Waals surface area contributed by atoms with Crippen LogP contribution in [0.5, 0.6) is 0 Å². The number of aromatic nitrogens is 3. The van der Waals surface area contributed by atoms with Crippen LogP contribution in [0, 0.1) is 0 Å². The Morgan fingerprint density at radius 3 is 2.32 bits per heavy atom. The van der Waals surface area contributed by atoms with E-state index in [-0.39, 0.29) is 5.91 Å². The SMILES string of the molecule is CN(Cc1ccc(N(C)C)cc1)C(=O)c1cnn(-c2ccccc2)n1. The molecule has 6 heteroatoms. The third kappa shape index (κ3) is 3.85. The van der Waals surface area contributed by atoms with Crippen molar-refractivity contribution in [2.45, 2.75) is 6.54 Å². The van der Waals surface area contributed by atoms with Gasteiger partial charge in [0.1, 0.15) is 0 Å². The molecule has 1 aromatic heterocycles. The smallest absolute Gasteiger partial charge is 0.276 e. The minimum absolute atomic E-state index is 0.154. The minimum Gasteiger partial charge on any atom is -0.378 e. The summed E-state index contributed by atoms with van der Waals surface area (Å²) < 4.78 is 0. The molecule has 0 radical (unpaired) electrons. The maximum absolute atomic E-state index is 12.6. The standard InChI is InChI=1S/C19H21N5O/c1-22(2)16-11-9-15(10-12-16)14-23(3)19(25)18-13-20-24(21-18)17-7-5-4-6-8-17/h4-13H,14H2,1-3H3. The van der Waals surface area contributed by atoms with Crippen molar-refractivity contribution in [3.05, 3.63) is 72.1 Å². The van der Waals surface area contributed by atoms with Crippen molar-refractivity contribution < 1.29 is 4.79 Å². The van der Waals surface area contributed by atoms with Gasteiger partial charge in [0.15, 0.2) is 5.69 Å². The Balaban J connectivity index is 1.69. The first-order chi connectivity index (χ1) is 12.0. The molecule has 1 heterocycles. The molecule has 0 atom stereocenters. The van der Waals surface area contributed by atoms with Gasteiger partial charge in [0, 0.05) is 33.4 Å². The first kappa shape index (κ1) is 16.7. The molecule has 2 aromatic carbocycles.